The van der Waals surface area contributed by atoms with Crippen LogP contribution < -0.4 is 11.2 Å². The first kappa shape index (κ1) is 16.4. The molecule has 0 aliphatic heterocycles. The van der Waals surface area contributed by atoms with Crippen molar-refractivity contribution in [1.29, 1.82) is 0 Å². The molecule has 6 heteroatoms. The third-order valence-corrected chi connectivity index (χ3v) is 5.39. The molecule has 2 heterocycles. The van der Waals surface area contributed by atoms with E-state index in [-0.39, 0.29) is 22.6 Å². The summed E-state index contributed by atoms with van der Waals surface area (Å²) in [7, 11) is 0. The number of pyridine rings is 1. The molecule has 0 saturated carbocycles. The van der Waals surface area contributed by atoms with Crippen molar-refractivity contribution < 1.29 is 9.53 Å². The molecule has 2 aromatic heterocycles. The number of anilines is 1. The van der Waals surface area contributed by atoms with Gasteiger partial charge in [-0.3, -0.25) is 4.79 Å². The number of para-hydroxylation sites is 2. The summed E-state index contributed by atoms with van der Waals surface area (Å²) in [5.74, 6) is -0.505. The van der Waals surface area contributed by atoms with E-state index >= 15 is 0 Å². The van der Waals surface area contributed by atoms with Crippen LogP contribution in [0.1, 0.15) is 16.6 Å². The van der Waals surface area contributed by atoms with Gasteiger partial charge in [-0.1, -0.05) is 30.3 Å². The highest BCUT2D eigenvalue weighted by atomic mass is 32.1. The summed E-state index contributed by atoms with van der Waals surface area (Å²) in [6.45, 7) is 1.98. The fourth-order valence-corrected chi connectivity index (χ4v) is 4.24. The zero-order valence-electron chi connectivity index (χ0n) is 14.1. The van der Waals surface area contributed by atoms with Gasteiger partial charge in [-0.2, -0.15) is 0 Å². The normalized spacial score (nSPS) is 11.1. The van der Waals surface area contributed by atoms with Gasteiger partial charge in [0.05, 0.1) is 23.2 Å². The van der Waals surface area contributed by atoms with Crippen LogP contribution >= 0.6 is 11.3 Å². The summed E-state index contributed by atoms with van der Waals surface area (Å²) in [6.07, 6.45) is 0. The van der Waals surface area contributed by atoms with Crippen molar-refractivity contribution in [2.24, 2.45) is 0 Å². The minimum absolute atomic E-state index is 0.174. The van der Waals surface area contributed by atoms with Gasteiger partial charge in [0.25, 0.3) is 0 Å². The number of aromatic nitrogens is 1. The highest BCUT2D eigenvalue weighted by Gasteiger charge is 2.23. The first-order valence-electron chi connectivity index (χ1n) is 8.21. The van der Waals surface area contributed by atoms with Crippen molar-refractivity contribution in [3.8, 4) is 5.69 Å². The largest absolute Gasteiger partial charge is 0.462 e. The molecule has 0 aliphatic rings. The van der Waals surface area contributed by atoms with Gasteiger partial charge in [-0.15, -0.1) is 11.3 Å². The zero-order valence-corrected chi connectivity index (χ0v) is 14.9. The molecule has 0 saturated heterocycles. The molecule has 0 amide bonds. The van der Waals surface area contributed by atoms with Crippen LogP contribution in [-0.4, -0.2) is 17.1 Å². The Morgan fingerprint density at radius 1 is 1.12 bits per heavy atom. The summed E-state index contributed by atoms with van der Waals surface area (Å²) in [5, 5.41) is 0.921. The van der Waals surface area contributed by atoms with E-state index in [1.807, 2.05) is 53.1 Å². The van der Waals surface area contributed by atoms with Crippen LogP contribution in [0.2, 0.25) is 0 Å². The van der Waals surface area contributed by atoms with E-state index in [4.69, 9.17) is 10.5 Å². The Morgan fingerprint density at radius 2 is 1.81 bits per heavy atom. The van der Waals surface area contributed by atoms with Gasteiger partial charge < -0.3 is 15.0 Å². The van der Waals surface area contributed by atoms with E-state index in [0.29, 0.717) is 15.6 Å². The molecule has 0 aliphatic carbocycles. The lowest BCUT2D eigenvalue weighted by Crippen LogP contribution is -2.10. The van der Waals surface area contributed by atoms with Gasteiger partial charge in [0.2, 0.25) is 0 Å². The quantitative estimate of drug-likeness (QED) is 0.558. The van der Waals surface area contributed by atoms with E-state index in [2.05, 4.69) is 0 Å². The Kier molecular flexibility index (Phi) is 3.97. The minimum Gasteiger partial charge on any atom is -0.462 e. The van der Waals surface area contributed by atoms with Crippen molar-refractivity contribution in [2.75, 3.05) is 12.3 Å². The van der Waals surface area contributed by atoms with E-state index in [1.54, 1.807) is 13.0 Å². The summed E-state index contributed by atoms with van der Waals surface area (Å²) >= 11 is 1.19. The second-order valence-corrected chi connectivity index (χ2v) is 6.76. The maximum absolute atomic E-state index is 13.0. The second-order valence-electron chi connectivity index (χ2n) is 5.76. The fourth-order valence-electron chi connectivity index (χ4n) is 3.09. The van der Waals surface area contributed by atoms with Crippen molar-refractivity contribution in [1.82, 2.24) is 4.57 Å². The zero-order chi connectivity index (χ0) is 18.3. The summed E-state index contributed by atoms with van der Waals surface area (Å²) in [6, 6.07) is 17.1. The van der Waals surface area contributed by atoms with Gasteiger partial charge in [0.1, 0.15) is 9.71 Å². The molecule has 5 nitrogen and oxygen atoms in total. The first-order valence-corrected chi connectivity index (χ1v) is 9.03. The molecule has 26 heavy (non-hydrogen) atoms. The predicted molar refractivity (Wildman–Crippen MR) is 105 cm³/mol. The molecular formula is C20H16N2O3S. The van der Waals surface area contributed by atoms with Crippen molar-refractivity contribution in [3.05, 3.63) is 69.7 Å². The predicted octanol–water partition coefficient (Wildman–Crippen LogP) is 3.96. The van der Waals surface area contributed by atoms with Gasteiger partial charge in [0.15, 0.2) is 5.43 Å². The molecule has 0 fully saturated rings. The molecule has 0 radical (unpaired) electrons. The Morgan fingerprint density at radius 3 is 2.54 bits per heavy atom. The average Bonchev–Trinajstić information content (AvgIpc) is 3.01. The number of fused-ring (bicyclic) bond motifs is 2. The van der Waals surface area contributed by atoms with E-state index in [9.17, 15) is 9.59 Å². The Hall–Kier alpha value is -3.12. The lowest BCUT2D eigenvalue weighted by Gasteiger charge is -2.12. The van der Waals surface area contributed by atoms with Crippen LogP contribution in [0.15, 0.2) is 59.4 Å². The third kappa shape index (κ3) is 2.38. The Bertz CT molecular complexity index is 1190. The molecule has 0 spiro atoms. The first-order chi connectivity index (χ1) is 12.6. The molecule has 4 rings (SSSR count). The summed E-state index contributed by atoms with van der Waals surface area (Å²) in [4.78, 5) is 26.2. The average molecular weight is 364 g/mol. The molecule has 4 aromatic rings. The number of benzene rings is 2. The molecule has 0 atom stereocenters. The van der Waals surface area contributed by atoms with Crippen LogP contribution in [0.4, 0.5) is 5.69 Å². The summed E-state index contributed by atoms with van der Waals surface area (Å²) < 4.78 is 7.07. The molecule has 2 N–H and O–H groups in total. The van der Waals surface area contributed by atoms with Gasteiger partial charge in [-0.25, -0.2) is 4.79 Å². The Balaban J connectivity index is 2.19. The standard InChI is InChI=1S/C20H16N2O3S/c1-2-25-20(24)18-16(21)15-17(23)13-10-6-7-11-14(13)22(19(15)26-18)12-8-4-3-5-9-12/h3-11H,2,21H2,1H3. The Labute approximate surface area is 153 Å². The smallest absolute Gasteiger partial charge is 0.350 e. The van der Waals surface area contributed by atoms with Crippen molar-refractivity contribution >= 4 is 44.1 Å². The fraction of sp³-hybridized carbons (Fsp3) is 0.100. The van der Waals surface area contributed by atoms with Crippen molar-refractivity contribution in [3.63, 3.8) is 0 Å². The number of nitrogens with zero attached hydrogens (tertiary/aromatic N) is 1. The van der Waals surface area contributed by atoms with Crippen LogP contribution in [0, 0.1) is 0 Å². The molecular weight excluding hydrogens is 348 g/mol. The van der Waals surface area contributed by atoms with Gasteiger partial charge in [-0.05, 0) is 31.2 Å². The number of carbonyl (C=O) groups excluding carboxylic acids is 1. The minimum atomic E-state index is -0.505. The highest BCUT2D eigenvalue weighted by molar-refractivity contribution is 7.21. The third-order valence-electron chi connectivity index (χ3n) is 4.22. The highest BCUT2D eigenvalue weighted by Crippen LogP contribution is 2.36. The SMILES string of the molecule is CCOC(=O)c1sc2c(c1N)c(=O)c1ccccc1n2-c1ccccc1. The second kappa shape index (κ2) is 6.31. The number of esters is 1. The van der Waals surface area contributed by atoms with E-state index < -0.39 is 5.97 Å². The number of carbonyl (C=O) groups is 1. The number of nitrogen functional groups attached to an aromatic ring is 1. The molecule has 2 aromatic carbocycles. The van der Waals surface area contributed by atoms with E-state index in [1.165, 1.54) is 11.3 Å². The van der Waals surface area contributed by atoms with Crippen molar-refractivity contribution in [2.45, 2.75) is 6.92 Å². The molecule has 0 bridgehead atoms. The number of thiophene rings is 1. The lowest BCUT2D eigenvalue weighted by molar-refractivity contribution is 0.0533. The van der Waals surface area contributed by atoms with E-state index in [0.717, 1.165) is 11.2 Å². The van der Waals surface area contributed by atoms with Crippen LogP contribution in [-0.2, 0) is 4.74 Å². The van der Waals surface area contributed by atoms with Crippen LogP contribution in [0.25, 0.3) is 26.8 Å². The monoisotopic (exact) mass is 364 g/mol. The number of nitrogens with two attached hydrogens (primary N) is 1. The van der Waals surface area contributed by atoms with Gasteiger partial charge in [0, 0.05) is 11.1 Å². The number of hydrogen-bond acceptors (Lipinski definition) is 5. The number of ether oxygens (including phenoxy) is 1. The number of rotatable bonds is 3. The number of hydrogen-bond donors (Lipinski definition) is 1. The maximum atomic E-state index is 13.0. The summed E-state index contributed by atoms with van der Waals surface area (Å²) in [5.41, 5.74) is 7.88. The molecule has 130 valence electrons. The van der Waals surface area contributed by atoms with Crippen LogP contribution in [0.3, 0.4) is 0 Å². The maximum Gasteiger partial charge on any atom is 0.350 e. The molecule has 0 unspecified atom stereocenters. The van der Waals surface area contributed by atoms with Gasteiger partial charge >= 0.3 is 5.97 Å². The lowest BCUT2D eigenvalue weighted by atomic mass is 10.1. The van der Waals surface area contributed by atoms with Crippen LogP contribution in [0.5, 0.6) is 0 Å². The topological polar surface area (TPSA) is 74.3 Å².